The lowest BCUT2D eigenvalue weighted by Crippen LogP contribution is -2.23. The molecule has 0 radical (unpaired) electrons. The molecular formula is C14H25N3O2. The van der Waals surface area contributed by atoms with Gasteiger partial charge in [0, 0.05) is 30.4 Å². The highest BCUT2D eigenvalue weighted by atomic mass is 16.5. The third-order valence-electron chi connectivity index (χ3n) is 3.25. The van der Waals surface area contributed by atoms with Crippen LogP contribution in [0.1, 0.15) is 50.2 Å². The van der Waals surface area contributed by atoms with E-state index in [2.05, 4.69) is 31.2 Å². The molecule has 19 heavy (non-hydrogen) atoms. The first-order valence-electron chi connectivity index (χ1n) is 6.94. The SMILES string of the molecule is CCOC(=O)CCNC(C)c1c(C)nn(CC)c1C. The summed E-state index contributed by atoms with van der Waals surface area (Å²) in [5, 5.41) is 7.86. The highest BCUT2D eigenvalue weighted by molar-refractivity contribution is 5.69. The Morgan fingerprint density at radius 1 is 1.42 bits per heavy atom. The molecular weight excluding hydrogens is 242 g/mol. The predicted octanol–water partition coefficient (Wildman–Crippen LogP) is 2.12. The molecule has 0 bridgehead atoms. The zero-order valence-corrected chi connectivity index (χ0v) is 12.6. The normalized spacial score (nSPS) is 12.5. The lowest BCUT2D eigenvalue weighted by Gasteiger charge is -2.14. The van der Waals surface area contributed by atoms with Gasteiger partial charge in [-0.1, -0.05) is 0 Å². The number of aromatic nitrogens is 2. The van der Waals surface area contributed by atoms with Crippen LogP contribution >= 0.6 is 0 Å². The van der Waals surface area contributed by atoms with Gasteiger partial charge in [0.15, 0.2) is 0 Å². The van der Waals surface area contributed by atoms with Gasteiger partial charge < -0.3 is 10.1 Å². The summed E-state index contributed by atoms with van der Waals surface area (Å²) in [6, 6.07) is 0.190. The molecule has 1 rings (SSSR count). The van der Waals surface area contributed by atoms with Crippen molar-refractivity contribution in [3.05, 3.63) is 17.0 Å². The summed E-state index contributed by atoms with van der Waals surface area (Å²) < 4.78 is 6.91. The van der Waals surface area contributed by atoms with E-state index in [0.717, 1.165) is 12.2 Å². The molecule has 0 spiro atoms. The van der Waals surface area contributed by atoms with E-state index in [-0.39, 0.29) is 12.0 Å². The Labute approximate surface area is 115 Å². The maximum absolute atomic E-state index is 11.3. The van der Waals surface area contributed by atoms with E-state index in [4.69, 9.17) is 4.74 Å². The topological polar surface area (TPSA) is 56.1 Å². The first kappa shape index (κ1) is 15.7. The summed E-state index contributed by atoms with van der Waals surface area (Å²) >= 11 is 0. The van der Waals surface area contributed by atoms with E-state index in [1.807, 2.05) is 18.5 Å². The van der Waals surface area contributed by atoms with Gasteiger partial charge >= 0.3 is 5.97 Å². The Hall–Kier alpha value is -1.36. The van der Waals surface area contributed by atoms with Crippen LogP contribution in [0.3, 0.4) is 0 Å². The molecule has 1 aromatic rings. The Kier molecular flexibility index (Phi) is 6.02. The molecule has 108 valence electrons. The van der Waals surface area contributed by atoms with Gasteiger partial charge in [0.2, 0.25) is 0 Å². The number of aryl methyl sites for hydroxylation is 2. The summed E-state index contributed by atoms with van der Waals surface area (Å²) in [6.07, 6.45) is 0.401. The second-order valence-corrected chi connectivity index (χ2v) is 4.63. The van der Waals surface area contributed by atoms with Gasteiger partial charge in [0.25, 0.3) is 0 Å². The number of hydrogen-bond donors (Lipinski definition) is 1. The van der Waals surface area contributed by atoms with Crippen LogP contribution in [-0.4, -0.2) is 28.9 Å². The number of nitrogens with one attached hydrogen (secondary N) is 1. The van der Waals surface area contributed by atoms with Gasteiger partial charge in [-0.3, -0.25) is 9.48 Å². The van der Waals surface area contributed by atoms with Crippen molar-refractivity contribution in [2.75, 3.05) is 13.2 Å². The minimum absolute atomic E-state index is 0.153. The Balaban J connectivity index is 2.56. The fraction of sp³-hybridized carbons (Fsp3) is 0.714. The molecule has 0 saturated carbocycles. The van der Waals surface area contributed by atoms with Crippen molar-refractivity contribution in [2.24, 2.45) is 0 Å². The van der Waals surface area contributed by atoms with Crippen LogP contribution in [0.25, 0.3) is 0 Å². The summed E-state index contributed by atoms with van der Waals surface area (Å²) in [6.45, 7) is 12.1. The van der Waals surface area contributed by atoms with Gasteiger partial charge in [-0.05, 0) is 34.6 Å². The molecule has 1 unspecified atom stereocenters. The molecule has 0 aliphatic rings. The van der Waals surface area contributed by atoms with Crippen LogP contribution in [0.15, 0.2) is 0 Å². The van der Waals surface area contributed by atoms with E-state index in [1.165, 1.54) is 11.3 Å². The minimum Gasteiger partial charge on any atom is -0.466 e. The van der Waals surface area contributed by atoms with Gasteiger partial charge in [-0.25, -0.2) is 0 Å². The molecule has 0 fully saturated rings. The zero-order valence-electron chi connectivity index (χ0n) is 12.6. The van der Waals surface area contributed by atoms with Gasteiger partial charge in [-0.15, -0.1) is 0 Å². The van der Waals surface area contributed by atoms with Crippen LogP contribution in [0.5, 0.6) is 0 Å². The van der Waals surface area contributed by atoms with Crippen molar-refractivity contribution in [1.29, 1.82) is 0 Å². The first-order valence-corrected chi connectivity index (χ1v) is 6.94. The number of carbonyl (C=O) groups excluding carboxylic acids is 1. The first-order chi connectivity index (χ1) is 9.01. The summed E-state index contributed by atoms with van der Waals surface area (Å²) in [4.78, 5) is 11.3. The monoisotopic (exact) mass is 267 g/mol. The Morgan fingerprint density at radius 2 is 2.11 bits per heavy atom. The van der Waals surface area contributed by atoms with E-state index in [0.29, 0.717) is 19.6 Å². The molecule has 0 aliphatic carbocycles. The fourth-order valence-electron chi connectivity index (χ4n) is 2.37. The summed E-state index contributed by atoms with van der Waals surface area (Å²) in [5.74, 6) is -0.153. The van der Waals surface area contributed by atoms with Crippen molar-refractivity contribution >= 4 is 5.97 Å². The molecule has 0 aliphatic heterocycles. The molecule has 1 atom stereocenters. The highest BCUT2D eigenvalue weighted by Gasteiger charge is 2.16. The lowest BCUT2D eigenvalue weighted by atomic mass is 10.1. The number of carbonyl (C=O) groups is 1. The average Bonchev–Trinajstić information content (AvgIpc) is 2.64. The number of esters is 1. The lowest BCUT2D eigenvalue weighted by molar-refractivity contribution is -0.143. The van der Waals surface area contributed by atoms with Gasteiger partial charge in [0.05, 0.1) is 18.7 Å². The number of hydrogen-bond acceptors (Lipinski definition) is 4. The minimum atomic E-state index is -0.153. The highest BCUT2D eigenvalue weighted by Crippen LogP contribution is 2.21. The van der Waals surface area contributed by atoms with Gasteiger partial charge in [-0.2, -0.15) is 5.10 Å². The molecule has 5 nitrogen and oxygen atoms in total. The Bertz CT molecular complexity index is 427. The van der Waals surface area contributed by atoms with Crippen LogP contribution in [-0.2, 0) is 16.1 Å². The maximum atomic E-state index is 11.3. The summed E-state index contributed by atoms with van der Waals surface area (Å²) in [5.41, 5.74) is 3.47. The number of rotatable bonds is 7. The van der Waals surface area contributed by atoms with Crippen molar-refractivity contribution in [2.45, 2.75) is 53.6 Å². The molecule has 0 amide bonds. The fourth-order valence-corrected chi connectivity index (χ4v) is 2.37. The third-order valence-corrected chi connectivity index (χ3v) is 3.25. The maximum Gasteiger partial charge on any atom is 0.307 e. The van der Waals surface area contributed by atoms with Crippen LogP contribution < -0.4 is 5.32 Å². The van der Waals surface area contributed by atoms with Crippen molar-refractivity contribution in [3.63, 3.8) is 0 Å². The zero-order chi connectivity index (χ0) is 14.4. The van der Waals surface area contributed by atoms with Crippen LogP contribution in [0.2, 0.25) is 0 Å². The second kappa shape index (κ2) is 7.28. The quantitative estimate of drug-likeness (QED) is 0.769. The van der Waals surface area contributed by atoms with E-state index in [1.54, 1.807) is 0 Å². The number of nitrogens with zero attached hydrogens (tertiary/aromatic N) is 2. The van der Waals surface area contributed by atoms with E-state index < -0.39 is 0 Å². The van der Waals surface area contributed by atoms with E-state index >= 15 is 0 Å². The summed E-state index contributed by atoms with van der Waals surface area (Å²) in [7, 11) is 0. The smallest absolute Gasteiger partial charge is 0.307 e. The van der Waals surface area contributed by atoms with Crippen LogP contribution in [0.4, 0.5) is 0 Å². The van der Waals surface area contributed by atoms with Gasteiger partial charge in [0.1, 0.15) is 0 Å². The van der Waals surface area contributed by atoms with Crippen LogP contribution in [0, 0.1) is 13.8 Å². The molecule has 1 heterocycles. The molecule has 0 saturated heterocycles. The van der Waals surface area contributed by atoms with Crippen molar-refractivity contribution in [3.8, 4) is 0 Å². The number of ether oxygens (including phenoxy) is 1. The standard InChI is InChI=1S/C14H25N3O2/c1-6-17-12(5)14(11(4)16-17)10(3)15-9-8-13(18)19-7-2/h10,15H,6-9H2,1-5H3. The largest absolute Gasteiger partial charge is 0.466 e. The second-order valence-electron chi connectivity index (χ2n) is 4.63. The van der Waals surface area contributed by atoms with Crippen molar-refractivity contribution < 1.29 is 9.53 Å². The molecule has 0 aromatic carbocycles. The molecule has 1 aromatic heterocycles. The average molecular weight is 267 g/mol. The predicted molar refractivity (Wildman–Crippen MR) is 75.0 cm³/mol. The molecule has 5 heteroatoms. The third kappa shape index (κ3) is 4.06. The van der Waals surface area contributed by atoms with E-state index in [9.17, 15) is 4.79 Å². The van der Waals surface area contributed by atoms with Crippen molar-refractivity contribution in [1.82, 2.24) is 15.1 Å². The Morgan fingerprint density at radius 3 is 2.63 bits per heavy atom. The molecule has 1 N–H and O–H groups in total.